The molecule has 0 atom stereocenters. The minimum atomic E-state index is -1.08. The number of aromatic carboxylic acids is 1. The highest BCUT2D eigenvalue weighted by Gasteiger charge is 2.38. The van der Waals surface area contributed by atoms with Gasteiger partial charge in [-0.15, -0.1) is 11.3 Å². The number of rotatable bonds is 7. The second-order valence-corrected chi connectivity index (χ2v) is 11.2. The topological polar surface area (TPSA) is 84.9 Å². The molecule has 0 aliphatic heterocycles. The van der Waals surface area contributed by atoms with Crippen molar-refractivity contribution in [1.29, 1.82) is 0 Å². The van der Waals surface area contributed by atoms with Gasteiger partial charge in [0.15, 0.2) is 11.5 Å². The van der Waals surface area contributed by atoms with E-state index >= 15 is 0 Å². The van der Waals surface area contributed by atoms with Gasteiger partial charge in [-0.05, 0) is 54.7 Å². The van der Waals surface area contributed by atoms with Gasteiger partial charge < -0.3 is 19.9 Å². The number of ether oxygens (including phenoxy) is 2. The van der Waals surface area contributed by atoms with Crippen LogP contribution in [0.2, 0.25) is 0 Å². The number of anilines is 1. The fourth-order valence-electron chi connectivity index (χ4n) is 5.21. The molecule has 1 aromatic carbocycles. The van der Waals surface area contributed by atoms with Crippen LogP contribution in [0.3, 0.4) is 0 Å². The average Bonchev–Trinajstić information content (AvgIpc) is 3.00. The van der Waals surface area contributed by atoms with Crippen LogP contribution in [-0.4, -0.2) is 36.8 Å². The monoisotopic (exact) mass is 459 g/mol. The molecule has 2 aromatic rings. The summed E-state index contributed by atoms with van der Waals surface area (Å²) in [5, 5.41) is 13.4. The van der Waals surface area contributed by atoms with Crippen molar-refractivity contribution in [3.05, 3.63) is 34.7 Å². The Labute approximate surface area is 193 Å². The van der Waals surface area contributed by atoms with Gasteiger partial charge in [-0.1, -0.05) is 39.8 Å². The molecule has 2 N–H and O–H groups in total. The number of esters is 1. The second kappa shape index (κ2) is 9.14. The summed E-state index contributed by atoms with van der Waals surface area (Å²) in [5.41, 5.74) is 3.20. The summed E-state index contributed by atoms with van der Waals surface area (Å²) in [5.74, 6) is -1.42. The standard InChI is InChI=1S/C25H33NO5S/c1-15-20(31-13-19(27)30-6)22(23(28)29)32-21(15)16-8-7-9-17(10-16)26-18-11-24(2,3)14-25(4,5)12-18/h7-10,18,26H,11-14H2,1-6H3,(H,28,29). The summed E-state index contributed by atoms with van der Waals surface area (Å²) in [4.78, 5) is 24.2. The Morgan fingerprint density at radius 2 is 1.84 bits per heavy atom. The van der Waals surface area contributed by atoms with Crippen LogP contribution in [0.25, 0.3) is 10.4 Å². The number of carboxylic acid groups (broad SMARTS) is 1. The zero-order valence-corrected chi connectivity index (χ0v) is 20.5. The number of hydrogen-bond donors (Lipinski definition) is 2. The van der Waals surface area contributed by atoms with Crippen molar-refractivity contribution in [2.24, 2.45) is 10.8 Å². The van der Waals surface area contributed by atoms with E-state index in [1.54, 1.807) is 0 Å². The van der Waals surface area contributed by atoms with Crippen LogP contribution in [0.5, 0.6) is 5.75 Å². The first-order chi connectivity index (χ1) is 14.9. The molecule has 0 amide bonds. The first-order valence-electron chi connectivity index (χ1n) is 10.8. The fourth-order valence-corrected chi connectivity index (χ4v) is 6.30. The first-order valence-corrected chi connectivity index (χ1v) is 11.7. The van der Waals surface area contributed by atoms with Crippen LogP contribution in [0.4, 0.5) is 5.69 Å². The highest BCUT2D eigenvalue weighted by atomic mass is 32.1. The van der Waals surface area contributed by atoms with Gasteiger partial charge >= 0.3 is 11.9 Å². The second-order valence-electron chi connectivity index (χ2n) is 10.2. The van der Waals surface area contributed by atoms with Crippen LogP contribution in [0.1, 0.15) is 62.2 Å². The number of carbonyl (C=O) groups is 2. The molecular formula is C25H33NO5S. The summed E-state index contributed by atoms with van der Waals surface area (Å²) >= 11 is 1.16. The Bertz CT molecular complexity index is 992. The third-order valence-corrected chi connectivity index (χ3v) is 7.21. The molecule has 1 aromatic heterocycles. The fraction of sp³-hybridized carbons (Fsp3) is 0.520. The number of carboxylic acids is 1. The maximum absolute atomic E-state index is 11.8. The lowest BCUT2D eigenvalue weighted by Crippen LogP contribution is -2.40. The zero-order chi connectivity index (χ0) is 23.7. The minimum absolute atomic E-state index is 0.0792. The third kappa shape index (κ3) is 5.63. The molecule has 1 fully saturated rings. The molecule has 0 unspecified atom stereocenters. The van der Waals surface area contributed by atoms with Gasteiger partial charge in [0.2, 0.25) is 0 Å². The van der Waals surface area contributed by atoms with E-state index in [0.29, 0.717) is 11.6 Å². The molecule has 0 bridgehead atoms. The van der Waals surface area contributed by atoms with Gasteiger partial charge in [-0.2, -0.15) is 0 Å². The van der Waals surface area contributed by atoms with Crippen molar-refractivity contribution in [3.8, 4) is 16.2 Å². The first kappa shape index (κ1) is 24.1. The summed E-state index contributed by atoms with van der Waals surface area (Å²) in [6, 6.07) is 8.43. The molecule has 3 rings (SSSR count). The number of methoxy groups -OCH3 is 1. The maximum atomic E-state index is 11.8. The predicted octanol–water partition coefficient (Wildman–Crippen LogP) is 5.99. The van der Waals surface area contributed by atoms with E-state index < -0.39 is 11.9 Å². The van der Waals surface area contributed by atoms with Crippen LogP contribution >= 0.6 is 11.3 Å². The summed E-state index contributed by atoms with van der Waals surface area (Å²) in [6.07, 6.45) is 3.42. The molecule has 0 spiro atoms. The Morgan fingerprint density at radius 1 is 1.19 bits per heavy atom. The van der Waals surface area contributed by atoms with Crippen molar-refractivity contribution >= 4 is 29.0 Å². The van der Waals surface area contributed by atoms with Crippen molar-refractivity contribution in [2.75, 3.05) is 19.0 Å². The number of carbonyl (C=O) groups excluding carboxylic acids is 1. The molecule has 1 heterocycles. The van der Waals surface area contributed by atoms with E-state index in [1.165, 1.54) is 13.5 Å². The van der Waals surface area contributed by atoms with Gasteiger partial charge in [0.05, 0.1) is 7.11 Å². The van der Waals surface area contributed by atoms with Crippen LogP contribution in [0, 0.1) is 17.8 Å². The van der Waals surface area contributed by atoms with Gasteiger partial charge in [0.1, 0.15) is 5.75 Å². The largest absolute Gasteiger partial charge is 0.480 e. The van der Waals surface area contributed by atoms with E-state index in [9.17, 15) is 14.7 Å². The molecule has 6 nitrogen and oxygen atoms in total. The maximum Gasteiger partial charge on any atom is 0.349 e. The Morgan fingerprint density at radius 3 is 2.44 bits per heavy atom. The smallest absolute Gasteiger partial charge is 0.349 e. The van der Waals surface area contributed by atoms with E-state index in [0.717, 1.165) is 40.3 Å². The van der Waals surface area contributed by atoms with E-state index in [4.69, 9.17) is 4.74 Å². The SMILES string of the molecule is COC(=O)COc1c(C(=O)O)sc(-c2cccc(NC3CC(C)(C)CC(C)(C)C3)c2)c1C. The average molecular weight is 460 g/mol. The summed E-state index contributed by atoms with van der Waals surface area (Å²) in [7, 11) is 1.27. The van der Waals surface area contributed by atoms with Crippen molar-refractivity contribution in [3.63, 3.8) is 0 Å². The third-order valence-electron chi connectivity index (χ3n) is 5.90. The number of thiophene rings is 1. The van der Waals surface area contributed by atoms with E-state index in [1.807, 2.05) is 25.1 Å². The number of hydrogen-bond acceptors (Lipinski definition) is 6. The molecular weight excluding hydrogens is 426 g/mol. The molecule has 1 aliphatic carbocycles. The van der Waals surface area contributed by atoms with E-state index in [-0.39, 0.29) is 28.1 Å². The van der Waals surface area contributed by atoms with Crippen LogP contribution in [-0.2, 0) is 9.53 Å². The lowest BCUT2D eigenvalue weighted by Gasteiger charge is -2.45. The highest BCUT2D eigenvalue weighted by Crippen LogP contribution is 2.47. The lowest BCUT2D eigenvalue weighted by molar-refractivity contribution is -0.142. The highest BCUT2D eigenvalue weighted by molar-refractivity contribution is 7.18. The summed E-state index contributed by atoms with van der Waals surface area (Å²) < 4.78 is 10.1. The van der Waals surface area contributed by atoms with E-state index in [2.05, 4.69) is 43.8 Å². The van der Waals surface area contributed by atoms with Gasteiger partial charge in [-0.25, -0.2) is 9.59 Å². The van der Waals surface area contributed by atoms with Crippen LogP contribution < -0.4 is 10.1 Å². The Kier molecular flexibility index (Phi) is 6.89. The molecule has 0 saturated heterocycles. The van der Waals surface area contributed by atoms with Gasteiger partial charge in [0, 0.05) is 22.2 Å². The molecule has 0 radical (unpaired) electrons. The zero-order valence-electron chi connectivity index (χ0n) is 19.7. The van der Waals surface area contributed by atoms with Crippen molar-refractivity contribution < 1.29 is 24.2 Å². The minimum Gasteiger partial charge on any atom is -0.480 e. The quantitative estimate of drug-likeness (QED) is 0.495. The molecule has 1 saturated carbocycles. The van der Waals surface area contributed by atoms with Crippen LogP contribution in [0.15, 0.2) is 24.3 Å². The van der Waals surface area contributed by atoms with Crippen molar-refractivity contribution in [1.82, 2.24) is 0 Å². The molecule has 174 valence electrons. The lowest BCUT2D eigenvalue weighted by atomic mass is 9.63. The van der Waals surface area contributed by atoms with Gasteiger partial charge in [-0.3, -0.25) is 0 Å². The predicted molar refractivity (Wildman–Crippen MR) is 128 cm³/mol. The normalized spacial score (nSPS) is 17.6. The van der Waals surface area contributed by atoms with Crippen molar-refractivity contribution in [2.45, 2.75) is 59.9 Å². The Balaban J connectivity index is 1.87. The molecule has 32 heavy (non-hydrogen) atoms. The van der Waals surface area contributed by atoms with Gasteiger partial charge in [0.25, 0.3) is 0 Å². The molecule has 1 aliphatic rings. The Hall–Kier alpha value is -2.54. The number of nitrogens with one attached hydrogen (secondary N) is 1. The number of benzene rings is 1. The molecule has 7 heteroatoms. The summed E-state index contributed by atoms with van der Waals surface area (Å²) in [6.45, 7) is 10.8.